The molecule has 0 saturated carbocycles. The van der Waals surface area contributed by atoms with Gasteiger partial charge < -0.3 is 15.8 Å². The van der Waals surface area contributed by atoms with E-state index in [-0.39, 0.29) is 11.9 Å². The van der Waals surface area contributed by atoms with Crippen molar-refractivity contribution in [2.24, 2.45) is 0 Å². The number of para-hydroxylation sites is 1. The number of hydrogen-bond donors (Lipinski definition) is 2. The van der Waals surface area contributed by atoms with E-state index in [1.807, 2.05) is 0 Å². The summed E-state index contributed by atoms with van der Waals surface area (Å²) < 4.78 is 5.18. The topological polar surface area (TPSA) is 64.4 Å². The van der Waals surface area contributed by atoms with Crippen LogP contribution in [-0.2, 0) is 4.74 Å². The number of carbonyl (C=O) groups is 1. The maximum atomic E-state index is 11.9. The molecule has 0 radical (unpaired) electrons. The molecule has 16 heavy (non-hydrogen) atoms. The first-order chi connectivity index (χ1) is 7.68. The predicted octanol–water partition coefficient (Wildman–Crippen LogP) is 1.44. The van der Waals surface area contributed by atoms with E-state index in [4.69, 9.17) is 22.1 Å². The second-order valence-corrected chi connectivity index (χ2v) is 4.14. The highest BCUT2D eigenvalue weighted by atomic mass is 35.5. The number of anilines is 1. The maximum Gasteiger partial charge on any atom is 0.253 e. The molecule has 1 aromatic rings. The summed E-state index contributed by atoms with van der Waals surface area (Å²) in [5, 5.41) is 3.26. The number of nitrogens with one attached hydrogen (secondary N) is 1. The second-order valence-electron chi connectivity index (χ2n) is 3.74. The Morgan fingerprint density at radius 3 is 3.06 bits per heavy atom. The Kier molecular flexibility index (Phi) is 3.31. The zero-order valence-corrected chi connectivity index (χ0v) is 9.46. The van der Waals surface area contributed by atoms with Gasteiger partial charge in [-0.05, 0) is 18.6 Å². The Bertz CT molecular complexity index is 403. The van der Waals surface area contributed by atoms with Gasteiger partial charge in [0.25, 0.3) is 5.91 Å². The van der Waals surface area contributed by atoms with Gasteiger partial charge in [0.2, 0.25) is 0 Å². The summed E-state index contributed by atoms with van der Waals surface area (Å²) >= 11 is 5.84. The highest BCUT2D eigenvalue weighted by Gasteiger charge is 2.20. The summed E-state index contributed by atoms with van der Waals surface area (Å²) in [6, 6.07) is 5.10. The SMILES string of the molecule is Nc1c(Cl)cccc1C(=O)NC1CCOC1. The van der Waals surface area contributed by atoms with Crippen LogP contribution in [0.4, 0.5) is 5.69 Å². The van der Waals surface area contributed by atoms with Crippen molar-refractivity contribution < 1.29 is 9.53 Å². The first-order valence-corrected chi connectivity index (χ1v) is 5.49. The van der Waals surface area contributed by atoms with Gasteiger partial charge >= 0.3 is 0 Å². The van der Waals surface area contributed by atoms with Crippen LogP contribution in [-0.4, -0.2) is 25.2 Å². The summed E-state index contributed by atoms with van der Waals surface area (Å²) in [7, 11) is 0. The van der Waals surface area contributed by atoms with Gasteiger partial charge in [-0.1, -0.05) is 17.7 Å². The van der Waals surface area contributed by atoms with Crippen molar-refractivity contribution in [2.75, 3.05) is 18.9 Å². The molecule has 1 amide bonds. The summed E-state index contributed by atoms with van der Waals surface area (Å²) in [4.78, 5) is 11.9. The van der Waals surface area contributed by atoms with Crippen molar-refractivity contribution in [2.45, 2.75) is 12.5 Å². The fourth-order valence-corrected chi connectivity index (χ4v) is 1.82. The van der Waals surface area contributed by atoms with Crippen LogP contribution in [0.25, 0.3) is 0 Å². The van der Waals surface area contributed by atoms with Gasteiger partial charge in [-0.2, -0.15) is 0 Å². The number of ether oxygens (including phenoxy) is 1. The minimum absolute atomic E-state index is 0.0749. The van der Waals surface area contributed by atoms with Crippen LogP contribution < -0.4 is 11.1 Å². The van der Waals surface area contributed by atoms with E-state index < -0.39 is 0 Å². The monoisotopic (exact) mass is 240 g/mol. The standard InChI is InChI=1S/C11H13ClN2O2/c12-9-3-1-2-8(10(9)13)11(15)14-7-4-5-16-6-7/h1-3,7H,4-6,13H2,(H,14,15). The molecule has 1 heterocycles. The molecule has 3 N–H and O–H groups in total. The van der Waals surface area contributed by atoms with Crippen molar-refractivity contribution in [3.8, 4) is 0 Å². The number of hydrogen-bond acceptors (Lipinski definition) is 3. The molecule has 1 atom stereocenters. The Balaban J connectivity index is 2.11. The number of benzene rings is 1. The average Bonchev–Trinajstić information content (AvgIpc) is 2.74. The molecule has 1 aromatic carbocycles. The third-order valence-electron chi connectivity index (χ3n) is 2.56. The molecule has 2 rings (SSSR count). The van der Waals surface area contributed by atoms with Gasteiger partial charge in [-0.15, -0.1) is 0 Å². The van der Waals surface area contributed by atoms with E-state index in [0.29, 0.717) is 29.5 Å². The van der Waals surface area contributed by atoms with Gasteiger partial charge in [0.1, 0.15) is 0 Å². The lowest BCUT2D eigenvalue weighted by molar-refractivity contribution is 0.0931. The number of halogens is 1. The smallest absolute Gasteiger partial charge is 0.253 e. The first-order valence-electron chi connectivity index (χ1n) is 5.11. The predicted molar refractivity (Wildman–Crippen MR) is 62.6 cm³/mol. The van der Waals surface area contributed by atoms with E-state index in [1.165, 1.54) is 0 Å². The number of rotatable bonds is 2. The molecular formula is C11H13ClN2O2. The Morgan fingerprint density at radius 2 is 2.38 bits per heavy atom. The van der Waals surface area contributed by atoms with E-state index >= 15 is 0 Å². The molecule has 1 fully saturated rings. The van der Waals surface area contributed by atoms with E-state index in [1.54, 1.807) is 18.2 Å². The van der Waals surface area contributed by atoms with Crippen molar-refractivity contribution >= 4 is 23.2 Å². The summed E-state index contributed by atoms with van der Waals surface area (Å²) in [5.41, 5.74) is 6.47. The lowest BCUT2D eigenvalue weighted by atomic mass is 10.1. The largest absolute Gasteiger partial charge is 0.397 e. The van der Waals surface area contributed by atoms with Gasteiger partial charge in [0.15, 0.2) is 0 Å². The molecule has 0 aromatic heterocycles. The number of nitrogens with two attached hydrogens (primary N) is 1. The maximum absolute atomic E-state index is 11.9. The minimum Gasteiger partial charge on any atom is -0.397 e. The molecular weight excluding hydrogens is 228 g/mol. The average molecular weight is 241 g/mol. The molecule has 5 heteroatoms. The van der Waals surface area contributed by atoms with Crippen molar-refractivity contribution in [1.82, 2.24) is 5.32 Å². The minimum atomic E-state index is -0.199. The molecule has 1 aliphatic heterocycles. The molecule has 0 spiro atoms. The third kappa shape index (κ3) is 2.28. The molecule has 1 saturated heterocycles. The van der Waals surface area contributed by atoms with Crippen molar-refractivity contribution in [3.63, 3.8) is 0 Å². The fraction of sp³-hybridized carbons (Fsp3) is 0.364. The van der Waals surface area contributed by atoms with E-state index in [2.05, 4.69) is 5.32 Å². The van der Waals surface area contributed by atoms with Crippen LogP contribution in [0, 0.1) is 0 Å². The Hall–Kier alpha value is -1.26. The lowest BCUT2D eigenvalue weighted by Crippen LogP contribution is -2.35. The number of amides is 1. The summed E-state index contributed by atoms with van der Waals surface area (Å²) in [5.74, 6) is -0.199. The van der Waals surface area contributed by atoms with Gasteiger partial charge in [-0.25, -0.2) is 0 Å². The Morgan fingerprint density at radius 1 is 1.56 bits per heavy atom. The van der Waals surface area contributed by atoms with Crippen LogP contribution in [0.2, 0.25) is 5.02 Å². The molecule has 1 unspecified atom stereocenters. The Labute approximate surface area is 98.7 Å². The van der Waals surface area contributed by atoms with Crippen LogP contribution in [0.15, 0.2) is 18.2 Å². The molecule has 1 aliphatic rings. The highest BCUT2D eigenvalue weighted by Crippen LogP contribution is 2.22. The van der Waals surface area contributed by atoms with Crippen LogP contribution in [0.5, 0.6) is 0 Å². The third-order valence-corrected chi connectivity index (χ3v) is 2.89. The molecule has 86 valence electrons. The number of nitrogen functional groups attached to an aromatic ring is 1. The second kappa shape index (κ2) is 4.72. The molecule has 0 aliphatic carbocycles. The zero-order valence-electron chi connectivity index (χ0n) is 8.70. The van der Waals surface area contributed by atoms with Gasteiger partial charge in [0, 0.05) is 6.61 Å². The quantitative estimate of drug-likeness (QED) is 0.769. The fourth-order valence-electron chi connectivity index (χ4n) is 1.65. The molecule has 4 nitrogen and oxygen atoms in total. The lowest BCUT2D eigenvalue weighted by Gasteiger charge is -2.12. The summed E-state index contributed by atoms with van der Waals surface area (Å²) in [6.07, 6.45) is 0.839. The van der Waals surface area contributed by atoms with Crippen molar-refractivity contribution in [3.05, 3.63) is 28.8 Å². The van der Waals surface area contributed by atoms with Crippen LogP contribution in [0.1, 0.15) is 16.8 Å². The van der Waals surface area contributed by atoms with Gasteiger partial charge in [-0.3, -0.25) is 4.79 Å². The highest BCUT2D eigenvalue weighted by molar-refractivity contribution is 6.33. The first kappa shape index (κ1) is 11.2. The normalized spacial score (nSPS) is 19.7. The summed E-state index contributed by atoms with van der Waals surface area (Å²) in [6.45, 7) is 1.25. The van der Waals surface area contributed by atoms with Crippen LogP contribution in [0.3, 0.4) is 0 Å². The van der Waals surface area contributed by atoms with E-state index in [9.17, 15) is 4.79 Å². The van der Waals surface area contributed by atoms with Gasteiger partial charge in [0.05, 0.1) is 28.9 Å². The zero-order chi connectivity index (χ0) is 11.5. The van der Waals surface area contributed by atoms with E-state index in [0.717, 1.165) is 6.42 Å². The van der Waals surface area contributed by atoms with Crippen LogP contribution >= 0.6 is 11.6 Å². The number of carbonyl (C=O) groups excluding carboxylic acids is 1. The molecule has 0 bridgehead atoms. The van der Waals surface area contributed by atoms with Crippen molar-refractivity contribution in [1.29, 1.82) is 0 Å².